The topological polar surface area (TPSA) is 253 Å². The number of unbranched alkanes of at least 4 members (excludes halogenated alkanes) is 30. The fraction of sp³-hybridized carbons (Fsp3) is 0.880. The molecule has 19 nitrogen and oxygen atoms in total. The van der Waals surface area contributed by atoms with Crippen LogP contribution in [-0.4, -0.2) is 145 Å². The third-order valence-corrected chi connectivity index (χ3v) is 29.2. The average molecular weight is 1510 g/mol. The van der Waals surface area contributed by atoms with Crippen LogP contribution in [0.2, 0.25) is 36.3 Å². The van der Waals surface area contributed by atoms with Crippen LogP contribution in [0.3, 0.4) is 0 Å². The second-order valence-electron chi connectivity index (χ2n) is 31.9. The van der Waals surface area contributed by atoms with Gasteiger partial charge in [0.15, 0.2) is 28.8 Å². The zero-order valence-corrected chi connectivity index (χ0v) is 70.8. The molecule has 21 heteroatoms. The van der Waals surface area contributed by atoms with E-state index in [9.17, 15) is 28.8 Å². The van der Waals surface area contributed by atoms with Gasteiger partial charge in [0, 0.05) is 39.9 Å². The lowest BCUT2D eigenvalue weighted by molar-refractivity contribution is -0.267. The minimum atomic E-state index is -2.19. The van der Waals surface area contributed by atoms with Crippen molar-refractivity contribution in [2.24, 2.45) is 5.73 Å². The predicted octanol–water partition coefficient (Wildman–Crippen LogP) is 20.8. The molecule has 0 bridgehead atoms. The molecule has 4 N–H and O–H groups in total. The van der Waals surface area contributed by atoms with Crippen LogP contribution in [0.5, 0.6) is 0 Å². The highest BCUT2D eigenvalue weighted by molar-refractivity contribution is 6.74. The van der Waals surface area contributed by atoms with E-state index in [4.69, 9.17) is 57.6 Å². The highest BCUT2D eigenvalue weighted by Gasteiger charge is 2.52. The number of hydrogen-bond donors (Lipinski definition) is 3. The lowest BCUT2D eigenvalue weighted by Crippen LogP contribution is -2.66. The first-order valence-corrected chi connectivity index (χ1v) is 46.7. The summed E-state index contributed by atoms with van der Waals surface area (Å²) in [5, 5.41) is 11.4. The molecule has 2 rings (SSSR count). The molecular weight excluding hydrogens is 1350 g/mol. The number of esters is 2. The maximum absolute atomic E-state index is 13.4. The maximum Gasteiger partial charge on any atom is 0.310 e. The van der Waals surface area contributed by atoms with Crippen LogP contribution in [0.1, 0.15) is 348 Å². The summed E-state index contributed by atoms with van der Waals surface area (Å²) in [6.45, 7) is 38.6. The number of ether oxygens (including phenoxy) is 8. The summed E-state index contributed by atoms with van der Waals surface area (Å²) in [4.78, 5) is 72.1. The molecule has 2 aliphatic heterocycles. The number of aliphatic carboxylic acids is 1. The van der Waals surface area contributed by atoms with E-state index in [1.165, 1.54) is 174 Å². The Kier molecular flexibility index (Phi) is 60.4. The molecule has 0 spiro atoms. The summed E-state index contributed by atoms with van der Waals surface area (Å²) in [6, 6.07) is -1.43. The summed E-state index contributed by atoms with van der Waals surface area (Å²) in [7, 11) is -4.24. The number of amides is 1. The second-order valence-corrected chi connectivity index (χ2v) is 41.5. The smallest absolute Gasteiger partial charge is 0.310 e. The van der Waals surface area contributed by atoms with Crippen LogP contribution in [0, 0.1) is 0 Å². The van der Waals surface area contributed by atoms with Crippen LogP contribution in [0.4, 0.5) is 0 Å². The van der Waals surface area contributed by atoms with Gasteiger partial charge in [-0.3, -0.25) is 28.8 Å². The van der Waals surface area contributed by atoms with Crippen LogP contribution < -0.4 is 11.1 Å². The van der Waals surface area contributed by atoms with Crippen molar-refractivity contribution in [2.45, 2.75) is 446 Å². The number of carbonyl (C=O) groups is 6. The first-order valence-electron chi connectivity index (χ1n) is 40.9. The minimum absolute atomic E-state index is 0. The zero-order chi connectivity index (χ0) is 77.5. The van der Waals surface area contributed by atoms with Crippen molar-refractivity contribution in [1.82, 2.24) is 5.32 Å². The van der Waals surface area contributed by atoms with E-state index in [0.717, 1.165) is 64.2 Å². The SMILES string of the molecule is C.C/C=C\O[C@H]1O[C@H](CO[Si](C)(C)C(C)(C)C)[C@@H](OC(C)=O)[C@H](OCCCCCCCCCC)[C@H]1N.C/C=C\O[C@H]1O[C@H](CO[Si](C)(C)C(C)(C)C)[C@@H](OC(C)=O)[C@H](OCCCCCCCCCC)[C@H]1NC(=O)CC(=O)CCCCCCCCCCC.CCCCCCCCCCCC(=O)CC(=O)O. The largest absolute Gasteiger partial charge is 0.481 e. The molecule has 0 aliphatic carbocycles. The van der Waals surface area contributed by atoms with Crippen molar-refractivity contribution < 1.29 is 80.6 Å². The number of allylic oxidation sites excluding steroid dienone is 2. The Morgan fingerprint density at radius 2 is 0.760 bits per heavy atom. The molecule has 1 amide bonds. The van der Waals surface area contributed by atoms with E-state index in [1.54, 1.807) is 18.4 Å². The number of nitrogens with two attached hydrogens (primary N) is 1. The van der Waals surface area contributed by atoms with E-state index in [2.05, 4.69) is 101 Å². The van der Waals surface area contributed by atoms with Crippen molar-refractivity contribution in [1.29, 1.82) is 0 Å². The van der Waals surface area contributed by atoms with Crippen molar-refractivity contribution in [3.63, 3.8) is 0 Å². The van der Waals surface area contributed by atoms with Gasteiger partial charge in [0.2, 0.25) is 18.5 Å². The standard InChI is InChI=1S/C41H77NO8Si.C27H53NO6Si.C14H26O3.CH4/c1-10-13-15-17-19-21-22-24-26-28-34(44)31-36(45)42-37-39(46-30-27-25-23-20-18-16-14-11-2)38(49-33(4)43)35(50-40(37)47-29-12-3)32-48-51(8,9)41(5,6)7;1-9-11-12-13-14-15-16-17-19-30-25-23(28)26(31-18-10-2)34-22(24(25)33-21(3)29)20-32-35(7,8)27(4,5)6;1-2-3-4-5-6-7-8-9-10-11-13(15)12-14(16)17;/h12,29,35,37-40H,10-11,13-28,30-32H2,1-9H3,(H,42,45);10,18,22-26H,9,11-17,19-20,28H2,1-8H3;2-12H2,1H3,(H,16,17);1H4/b29-12-;18-10-;;/t35-,37-,38-,39-,40+;22-,23-,24-,25-,26+;;/m11../s1. The minimum Gasteiger partial charge on any atom is -0.481 e. The predicted molar refractivity (Wildman–Crippen MR) is 428 cm³/mol. The first kappa shape index (κ1) is 103. The van der Waals surface area contributed by atoms with Gasteiger partial charge in [-0.25, -0.2) is 0 Å². The number of carboxylic acids is 1. The van der Waals surface area contributed by atoms with E-state index in [0.29, 0.717) is 26.1 Å². The normalized spacial score (nSPS) is 20.7. The molecule has 2 saturated heterocycles. The van der Waals surface area contributed by atoms with Gasteiger partial charge < -0.3 is 62.9 Å². The Balaban J connectivity index is 0. The van der Waals surface area contributed by atoms with Crippen LogP contribution in [-0.2, 0) is 75.5 Å². The number of rotatable bonds is 57. The number of carbonyl (C=O) groups excluding carboxylic acids is 5. The monoisotopic (exact) mass is 1510 g/mol. The molecule has 2 heterocycles. The fourth-order valence-corrected chi connectivity index (χ4v) is 13.9. The first-order chi connectivity index (χ1) is 48.9. The highest BCUT2D eigenvalue weighted by atomic mass is 28.4. The van der Waals surface area contributed by atoms with Gasteiger partial charge in [-0.15, -0.1) is 0 Å². The number of ketones is 2. The Morgan fingerprint density at radius 3 is 1.10 bits per heavy atom. The van der Waals surface area contributed by atoms with Gasteiger partial charge in [-0.1, -0.05) is 281 Å². The average Bonchev–Trinajstić information content (AvgIpc) is 0.787. The summed E-state index contributed by atoms with van der Waals surface area (Å²) < 4.78 is 61.8. The summed E-state index contributed by atoms with van der Waals surface area (Å²) in [5.41, 5.74) is 6.52. The van der Waals surface area contributed by atoms with E-state index >= 15 is 0 Å². The molecule has 0 aromatic heterocycles. The van der Waals surface area contributed by atoms with Crippen LogP contribution in [0.25, 0.3) is 0 Å². The van der Waals surface area contributed by atoms with Gasteiger partial charge in [0.05, 0.1) is 38.2 Å². The molecule has 0 aromatic rings. The molecular formula is C83H160N2O17Si2. The number of nitrogens with one attached hydrogen (secondary N) is 1. The van der Waals surface area contributed by atoms with Crippen molar-refractivity contribution in [3.05, 3.63) is 24.7 Å². The molecule has 0 saturated carbocycles. The molecule has 612 valence electrons. The van der Waals surface area contributed by atoms with E-state index < -0.39 is 102 Å². The molecule has 2 aliphatic rings. The molecule has 10 atom stereocenters. The van der Waals surface area contributed by atoms with E-state index in [1.807, 2.05) is 13.8 Å². The number of hydrogen-bond acceptors (Lipinski definition) is 17. The molecule has 0 aromatic carbocycles. The third-order valence-electron chi connectivity index (χ3n) is 20.2. The van der Waals surface area contributed by atoms with Gasteiger partial charge in [-0.2, -0.15) is 0 Å². The Labute approximate surface area is 637 Å². The lowest BCUT2D eigenvalue weighted by Gasteiger charge is -2.46. The lowest BCUT2D eigenvalue weighted by atomic mass is 9.95. The Morgan fingerprint density at radius 1 is 0.452 bits per heavy atom. The maximum atomic E-state index is 13.4. The summed E-state index contributed by atoms with van der Waals surface area (Å²) in [5.74, 6) is -2.53. The van der Waals surface area contributed by atoms with Crippen molar-refractivity contribution in [2.75, 3.05) is 26.4 Å². The number of carboxylic acid groups (broad SMARTS) is 1. The Bertz CT molecular complexity index is 2260. The summed E-state index contributed by atoms with van der Waals surface area (Å²) >= 11 is 0. The zero-order valence-electron chi connectivity index (χ0n) is 68.8. The third kappa shape index (κ3) is 48.8. The molecule has 2 fully saturated rings. The Hall–Kier alpha value is -3.55. The highest BCUT2D eigenvalue weighted by Crippen LogP contribution is 2.39. The number of Topliss-reactive ketones (excluding diaryl/α,β-unsaturated/α-hetero) is 2. The van der Waals surface area contributed by atoms with Crippen LogP contribution in [0.15, 0.2) is 24.7 Å². The molecule has 0 radical (unpaired) electrons. The van der Waals surface area contributed by atoms with Gasteiger partial charge in [-0.05, 0) is 75.8 Å². The quantitative estimate of drug-likeness (QED) is 0.0168. The van der Waals surface area contributed by atoms with Crippen molar-refractivity contribution in [3.8, 4) is 0 Å². The second kappa shape index (κ2) is 61.3. The summed E-state index contributed by atoms with van der Waals surface area (Å²) in [6.07, 6.45) is 41.5. The van der Waals surface area contributed by atoms with Crippen molar-refractivity contribution >= 4 is 52.0 Å². The van der Waals surface area contributed by atoms with E-state index in [-0.39, 0.29) is 55.1 Å². The van der Waals surface area contributed by atoms with Gasteiger partial charge in [0.1, 0.15) is 48.4 Å². The molecule has 104 heavy (non-hydrogen) atoms. The fourth-order valence-electron chi connectivity index (χ4n) is 11.8. The molecule has 0 unspecified atom stereocenters. The van der Waals surface area contributed by atoms with Crippen LogP contribution >= 0.6 is 0 Å². The van der Waals surface area contributed by atoms with Gasteiger partial charge >= 0.3 is 17.9 Å². The van der Waals surface area contributed by atoms with Gasteiger partial charge in [0.25, 0.3) is 0 Å².